The van der Waals surface area contributed by atoms with Crippen molar-refractivity contribution in [3.8, 4) is 0 Å². The van der Waals surface area contributed by atoms with Crippen LogP contribution in [0.2, 0.25) is 0 Å². The Kier molecular flexibility index (Phi) is 5.29. The van der Waals surface area contributed by atoms with Crippen molar-refractivity contribution in [1.82, 2.24) is 4.90 Å². The van der Waals surface area contributed by atoms with Gasteiger partial charge in [-0.3, -0.25) is 9.69 Å². The summed E-state index contributed by atoms with van der Waals surface area (Å²) in [6.07, 6.45) is -0.0438. The molecule has 3 unspecified atom stereocenters. The van der Waals surface area contributed by atoms with E-state index in [0.717, 1.165) is 12.1 Å². The van der Waals surface area contributed by atoms with Crippen LogP contribution in [0.4, 0.5) is 0 Å². The lowest BCUT2D eigenvalue weighted by Crippen LogP contribution is -2.49. The number of nitrogens with zero attached hydrogens (tertiary/aromatic N) is 1. The third-order valence-corrected chi connectivity index (χ3v) is 3.64. The second kappa shape index (κ2) is 6.97. The SMILES string of the molecule is CC1CN(CC(C)C(=O)c2ccccc2)CC(CO)O1. The maximum atomic E-state index is 12.3. The number of morpholine rings is 1. The highest BCUT2D eigenvalue weighted by atomic mass is 16.5. The molecule has 0 radical (unpaired) electrons. The number of aliphatic hydroxyl groups excluding tert-OH is 1. The zero-order valence-electron chi connectivity index (χ0n) is 12.2. The smallest absolute Gasteiger partial charge is 0.166 e. The van der Waals surface area contributed by atoms with Crippen LogP contribution >= 0.6 is 0 Å². The van der Waals surface area contributed by atoms with Crippen LogP contribution in [0.3, 0.4) is 0 Å². The molecule has 0 amide bonds. The molecule has 2 rings (SSSR count). The van der Waals surface area contributed by atoms with Crippen LogP contribution in [0.25, 0.3) is 0 Å². The summed E-state index contributed by atoms with van der Waals surface area (Å²) in [7, 11) is 0. The van der Waals surface area contributed by atoms with Gasteiger partial charge in [0.15, 0.2) is 5.78 Å². The minimum absolute atomic E-state index is 0.0296. The predicted molar refractivity (Wildman–Crippen MR) is 77.8 cm³/mol. The van der Waals surface area contributed by atoms with E-state index >= 15 is 0 Å². The van der Waals surface area contributed by atoms with Crippen LogP contribution < -0.4 is 0 Å². The molecule has 4 heteroatoms. The summed E-state index contributed by atoms with van der Waals surface area (Å²) in [6, 6.07) is 9.41. The van der Waals surface area contributed by atoms with Gasteiger partial charge in [0.25, 0.3) is 0 Å². The summed E-state index contributed by atoms with van der Waals surface area (Å²) in [4.78, 5) is 14.6. The second-order valence-electron chi connectivity index (χ2n) is 5.60. The number of hydrogen-bond acceptors (Lipinski definition) is 4. The van der Waals surface area contributed by atoms with Gasteiger partial charge in [0.2, 0.25) is 0 Å². The number of rotatable bonds is 5. The topological polar surface area (TPSA) is 49.8 Å². The Labute approximate surface area is 120 Å². The molecule has 3 atom stereocenters. The predicted octanol–water partition coefficient (Wildman–Crippen LogP) is 1.59. The summed E-state index contributed by atoms with van der Waals surface area (Å²) in [6.45, 7) is 6.19. The number of benzene rings is 1. The average molecular weight is 277 g/mol. The number of carbonyl (C=O) groups excluding carboxylic acids is 1. The van der Waals surface area contributed by atoms with Crippen molar-refractivity contribution in [3.63, 3.8) is 0 Å². The number of ketones is 1. The third kappa shape index (κ3) is 3.88. The third-order valence-electron chi connectivity index (χ3n) is 3.64. The lowest BCUT2D eigenvalue weighted by atomic mass is 9.98. The summed E-state index contributed by atoms with van der Waals surface area (Å²) in [5.41, 5.74) is 0.764. The molecule has 0 spiro atoms. The summed E-state index contributed by atoms with van der Waals surface area (Å²) in [5.74, 6) is 0.118. The Hall–Kier alpha value is -1.23. The molecule has 4 nitrogen and oxygen atoms in total. The van der Waals surface area contributed by atoms with Crippen molar-refractivity contribution in [1.29, 1.82) is 0 Å². The number of carbonyl (C=O) groups is 1. The van der Waals surface area contributed by atoms with Gasteiger partial charge in [0, 0.05) is 31.1 Å². The molecule has 1 aromatic carbocycles. The molecule has 0 saturated carbocycles. The first-order valence-corrected chi connectivity index (χ1v) is 7.18. The van der Waals surface area contributed by atoms with Gasteiger partial charge in [0.05, 0.1) is 18.8 Å². The van der Waals surface area contributed by atoms with Crippen molar-refractivity contribution in [2.75, 3.05) is 26.2 Å². The Bertz CT molecular complexity index is 435. The molecular weight excluding hydrogens is 254 g/mol. The Balaban J connectivity index is 1.93. The summed E-state index contributed by atoms with van der Waals surface area (Å²) < 4.78 is 5.62. The fourth-order valence-electron chi connectivity index (χ4n) is 2.75. The van der Waals surface area contributed by atoms with E-state index in [0.29, 0.717) is 13.1 Å². The number of Topliss-reactive ketones (excluding diaryl/α,β-unsaturated/α-hetero) is 1. The van der Waals surface area contributed by atoms with Gasteiger partial charge in [-0.1, -0.05) is 37.3 Å². The van der Waals surface area contributed by atoms with E-state index in [1.54, 1.807) is 0 Å². The van der Waals surface area contributed by atoms with E-state index in [-0.39, 0.29) is 30.5 Å². The van der Waals surface area contributed by atoms with E-state index < -0.39 is 0 Å². The average Bonchev–Trinajstić information content (AvgIpc) is 2.46. The molecule has 1 N–H and O–H groups in total. The summed E-state index contributed by atoms with van der Waals surface area (Å²) >= 11 is 0. The molecule has 1 aliphatic rings. The number of ether oxygens (including phenoxy) is 1. The monoisotopic (exact) mass is 277 g/mol. The van der Waals surface area contributed by atoms with Crippen LogP contribution in [-0.2, 0) is 4.74 Å². The van der Waals surface area contributed by atoms with Crippen LogP contribution in [0.15, 0.2) is 30.3 Å². The fraction of sp³-hybridized carbons (Fsp3) is 0.562. The minimum atomic E-state index is -0.141. The molecule has 1 fully saturated rings. The van der Waals surface area contributed by atoms with Crippen molar-refractivity contribution in [3.05, 3.63) is 35.9 Å². The van der Waals surface area contributed by atoms with Crippen molar-refractivity contribution < 1.29 is 14.6 Å². The second-order valence-corrected chi connectivity index (χ2v) is 5.60. The molecule has 1 saturated heterocycles. The van der Waals surface area contributed by atoms with Crippen LogP contribution in [0.1, 0.15) is 24.2 Å². The van der Waals surface area contributed by atoms with Gasteiger partial charge < -0.3 is 9.84 Å². The summed E-state index contributed by atoms with van der Waals surface area (Å²) in [5, 5.41) is 9.23. The molecule has 0 aliphatic carbocycles. The van der Waals surface area contributed by atoms with Crippen LogP contribution in [0, 0.1) is 5.92 Å². The van der Waals surface area contributed by atoms with E-state index in [1.165, 1.54) is 0 Å². The van der Waals surface area contributed by atoms with Crippen LogP contribution in [0.5, 0.6) is 0 Å². The van der Waals surface area contributed by atoms with E-state index in [1.807, 2.05) is 44.2 Å². The molecule has 0 bridgehead atoms. The highest BCUT2D eigenvalue weighted by Gasteiger charge is 2.27. The maximum Gasteiger partial charge on any atom is 0.166 e. The maximum absolute atomic E-state index is 12.3. The fourth-order valence-corrected chi connectivity index (χ4v) is 2.75. The molecule has 20 heavy (non-hydrogen) atoms. The van der Waals surface area contributed by atoms with Crippen molar-refractivity contribution in [2.24, 2.45) is 5.92 Å². The lowest BCUT2D eigenvalue weighted by molar-refractivity contribution is -0.0966. The van der Waals surface area contributed by atoms with Gasteiger partial charge >= 0.3 is 0 Å². The first-order valence-electron chi connectivity index (χ1n) is 7.18. The lowest BCUT2D eigenvalue weighted by Gasteiger charge is -2.37. The molecule has 1 aromatic rings. The zero-order valence-corrected chi connectivity index (χ0v) is 12.2. The van der Waals surface area contributed by atoms with E-state index in [9.17, 15) is 9.90 Å². The first-order chi connectivity index (χ1) is 9.60. The first kappa shape index (κ1) is 15.2. The Morgan fingerprint density at radius 3 is 2.75 bits per heavy atom. The molecule has 1 aliphatic heterocycles. The van der Waals surface area contributed by atoms with Gasteiger partial charge in [0.1, 0.15) is 0 Å². The highest BCUT2D eigenvalue weighted by molar-refractivity contribution is 5.97. The minimum Gasteiger partial charge on any atom is -0.394 e. The molecule has 0 aromatic heterocycles. The normalized spacial score (nSPS) is 25.4. The van der Waals surface area contributed by atoms with E-state index in [2.05, 4.69) is 4.90 Å². The largest absolute Gasteiger partial charge is 0.394 e. The van der Waals surface area contributed by atoms with E-state index in [4.69, 9.17) is 4.74 Å². The zero-order chi connectivity index (χ0) is 14.5. The molecular formula is C16H23NO3. The Morgan fingerprint density at radius 1 is 1.40 bits per heavy atom. The molecule has 1 heterocycles. The highest BCUT2D eigenvalue weighted by Crippen LogP contribution is 2.15. The number of hydrogen-bond donors (Lipinski definition) is 1. The quantitative estimate of drug-likeness (QED) is 0.830. The number of aliphatic hydroxyl groups is 1. The molecule has 110 valence electrons. The van der Waals surface area contributed by atoms with Crippen molar-refractivity contribution >= 4 is 5.78 Å². The van der Waals surface area contributed by atoms with Gasteiger partial charge in [-0.05, 0) is 6.92 Å². The van der Waals surface area contributed by atoms with Gasteiger partial charge in [-0.25, -0.2) is 0 Å². The van der Waals surface area contributed by atoms with Gasteiger partial charge in [-0.2, -0.15) is 0 Å². The standard InChI is InChI=1S/C16H23NO3/c1-12(16(19)14-6-4-3-5-7-14)8-17-9-13(2)20-15(10-17)11-18/h3-7,12-13,15,18H,8-11H2,1-2H3. The Morgan fingerprint density at radius 2 is 2.10 bits per heavy atom. The van der Waals surface area contributed by atoms with Crippen LogP contribution in [-0.4, -0.2) is 54.2 Å². The van der Waals surface area contributed by atoms with Gasteiger partial charge in [-0.15, -0.1) is 0 Å². The van der Waals surface area contributed by atoms with Crippen molar-refractivity contribution in [2.45, 2.75) is 26.1 Å².